The van der Waals surface area contributed by atoms with E-state index in [1.165, 1.54) is 5.57 Å². The molecule has 0 bridgehead atoms. The van der Waals surface area contributed by atoms with Crippen molar-refractivity contribution in [1.82, 2.24) is 29.6 Å². The average Bonchev–Trinajstić information content (AvgIpc) is 3.64. The zero-order valence-electron chi connectivity index (χ0n) is 23.3. The number of methoxy groups -OCH3 is 1. The summed E-state index contributed by atoms with van der Waals surface area (Å²) in [5.41, 5.74) is 7.21. The number of carbonyl (C=O) groups excluding carboxylic acids is 2. The van der Waals surface area contributed by atoms with Gasteiger partial charge in [0.1, 0.15) is 18.3 Å². The van der Waals surface area contributed by atoms with Crippen LogP contribution in [-0.2, 0) is 9.53 Å². The summed E-state index contributed by atoms with van der Waals surface area (Å²) in [4.78, 5) is 45.2. The number of fused-ring (bicyclic) bond motifs is 1. The standard InChI is InChI=1S/C31H31N7O3/c1-19-13-23(15-32-14-19)26(21-7-5-4-6-8-21)22-9-11-37(12-10-22)31(40)29(39)24-16-33-28-27(24)25(41-3)17-34-30(28)38-18-35-20(2)36-38/h4-8,13-16,18,25,33H,9-12,17H2,1-3H3. The van der Waals surface area contributed by atoms with Crippen molar-refractivity contribution < 1.29 is 14.3 Å². The molecule has 2 aliphatic rings. The summed E-state index contributed by atoms with van der Waals surface area (Å²) < 4.78 is 7.22. The molecule has 2 aliphatic heterocycles. The van der Waals surface area contributed by atoms with Gasteiger partial charge >= 0.3 is 0 Å². The fourth-order valence-corrected chi connectivity index (χ4v) is 5.67. The molecule has 1 saturated heterocycles. The number of carbonyl (C=O) groups is 2. The molecule has 4 aromatic rings. The molecule has 1 fully saturated rings. The van der Waals surface area contributed by atoms with Crippen LogP contribution in [0.5, 0.6) is 0 Å². The maximum atomic E-state index is 13.6. The van der Waals surface area contributed by atoms with Crippen molar-refractivity contribution in [2.45, 2.75) is 32.8 Å². The maximum Gasteiger partial charge on any atom is 0.295 e. The maximum absolute atomic E-state index is 13.6. The molecule has 10 heteroatoms. The Hall–Kier alpha value is -4.70. The topological polar surface area (TPSA) is 118 Å². The molecular formula is C31H31N7O3. The van der Waals surface area contributed by atoms with Crippen LogP contribution in [0.15, 0.2) is 71.9 Å². The lowest BCUT2D eigenvalue weighted by molar-refractivity contribution is -0.126. The number of ketones is 1. The van der Waals surface area contributed by atoms with Crippen LogP contribution >= 0.6 is 0 Å². The first-order chi connectivity index (χ1) is 19.9. The van der Waals surface area contributed by atoms with E-state index < -0.39 is 17.8 Å². The monoisotopic (exact) mass is 549 g/mol. The Morgan fingerprint density at radius 1 is 1.05 bits per heavy atom. The number of aromatic amines is 1. The predicted octanol–water partition coefficient (Wildman–Crippen LogP) is 3.92. The minimum Gasteiger partial charge on any atom is -0.375 e. The molecule has 5 heterocycles. The summed E-state index contributed by atoms with van der Waals surface area (Å²) in [5, 5.41) is 4.36. The largest absolute Gasteiger partial charge is 0.375 e. The van der Waals surface area contributed by atoms with Crippen LogP contribution in [-0.4, -0.2) is 73.9 Å². The predicted molar refractivity (Wildman–Crippen MR) is 154 cm³/mol. The zero-order chi connectivity index (χ0) is 28.5. The van der Waals surface area contributed by atoms with Gasteiger partial charge in [-0.15, -0.1) is 0 Å². The molecule has 1 aromatic carbocycles. The van der Waals surface area contributed by atoms with Crippen LogP contribution in [0.3, 0.4) is 0 Å². The number of benzene rings is 1. The van der Waals surface area contributed by atoms with Gasteiger partial charge in [-0.2, -0.15) is 5.10 Å². The number of Topliss-reactive ketones (excluding diaryl/α,β-unsaturated/α-hetero) is 1. The molecule has 1 unspecified atom stereocenters. The molecule has 1 N–H and O–H groups in total. The van der Waals surface area contributed by atoms with Gasteiger partial charge < -0.3 is 14.6 Å². The van der Waals surface area contributed by atoms with Gasteiger partial charge in [-0.05, 0) is 49.5 Å². The molecule has 41 heavy (non-hydrogen) atoms. The van der Waals surface area contributed by atoms with E-state index in [0.29, 0.717) is 61.0 Å². The minimum atomic E-state index is -0.556. The number of ether oxygens (including phenoxy) is 1. The summed E-state index contributed by atoms with van der Waals surface area (Å²) >= 11 is 0. The van der Waals surface area contributed by atoms with Gasteiger partial charge in [0.15, 0.2) is 5.84 Å². The lowest BCUT2D eigenvalue weighted by Crippen LogP contribution is -2.41. The lowest BCUT2D eigenvalue weighted by atomic mass is 9.88. The number of likely N-dealkylation sites (tertiary alicyclic amines) is 1. The summed E-state index contributed by atoms with van der Waals surface area (Å²) in [6.45, 7) is 5.05. The van der Waals surface area contributed by atoms with Gasteiger partial charge in [-0.25, -0.2) is 9.67 Å². The van der Waals surface area contributed by atoms with Gasteiger partial charge in [0, 0.05) is 49.9 Å². The third-order valence-corrected chi connectivity index (χ3v) is 7.65. The first kappa shape index (κ1) is 26.5. The number of nitrogens with zero attached hydrogens (tertiary/aromatic N) is 6. The number of aliphatic imine (C=N–C) groups is 1. The normalized spacial score (nSPS) is 16.8. The molecule has 0 aliphatic carbocycles. The molecule has 6 rings (SSSR count). The van der Waals surface area contributed by atoms with Crippen LogP contribution < -0.4 is 0 Å². The number of hydrogen-bond donors (Lipinski definition) is 1. The van der Waals surface area contributed by atoms with Crippen LogP contribution in [0, 0.1) is 13.8 Å². The number of piperidine rings is 1. The third kappa shape index (κ3) is 5.02. The first-order valence-electron chi connectivity index (χ1n) is 13.6. The number of rotatable bonds is 5. The Labute approximate surface area is 237 Å². The second-order valence-corrected chi connectivity index (χ2v) is 10.3. The van der Waals surface area contributed by atoms with E-state index in [4.69, 9.17) is 4.74 Å². The van der Waals surface area contributed by atoms with Gasteiger partial charge in [-0.1, -0.05) is 35.9 Å². The van der Waals surface area contributed by atoms with E-state index in [0.717, 1.165) is 22.3 Å². The average molecular weight is 550 g/mol. The van der Waals surface area contributed by atoms with Crippen molar-refractivity contribution in [3.63, 3.8) is 0 Å². The van der Waals surface area contributed by atoms with Crippen molar-refractivity contribution >= 4 is 23.1 Å². The van der Waals surface area contributed by atoms with E-state index in [1.807, 2.05) is 37.5 Å². The number of H-pyrrole nitrogens is 1. The highest BCUT2D eigenvalue weighted by Crippen LogP contribution is 2.34. The number of aryl methyl sites for hydroxylation is 2. The van der Waals surface area contributed by atoms with Crippen LogP contribution in [0.4, 0.5) is 0 Å². The SMILES string of the molecule is COC1CN=C(n2cnc(C)n2)c2[nH]cc(C(=O)C(=O)N3CCC(=C(c4ccccc4)c4cncc(C)c4)CC3)c21. The minimum absolute atomic E-state index is 0.304. The first-order valence-corrected chi connectivity index (χ1v) is 13.6. The van der Waals surface area contributed by atoms with Crippen molar-refractivity contribution in [1.29, 1.82) is 0 Å². The van der Waals surface area contributed by atoms with E-state index >= 15 is 0 Å². The molecule has 0 spiro atoms. The van der Waals surface area contributed by atoms with Crippen LogP contribution in [0.25, 0.3) is 5.57 Å². The summed E-state index contributed by atoms with van der Waals surface area (Å²) in [6.07, 6.45) is 7.78. The molecule has 10 nitrogen and oxygen atoms in total. The Bertz CT molecular complexity index is 1670. The highest BCUT2D eigenvalue weighted by molar-refractivity contribution is 6.43. The van der Waals surface area contributed by atoms with Crippen molar-refractivity contribution in [3.05, 3.63) is 106 Å². The fourth-order valence-electron chi connectivity index (χ4n) is 5.67. The number of hydrogen-bond acceptors (Lipinski definition) is 7. The van der Waals surface area contributed by atoms with E-state index in [9.17, 15) is 9.59 Å². The number of aromatic nitrogens is 5. The van der Waals surface area contributed by atoms with Crippen molar-refractivity contribution in [2.24, 2.45) is 4.99 Å². The Kier molecular flexibility index (Phi) is 7.15. The zero-order valence-corrected chi connectivity index (χ0v) is 23.3. The molecular weight excluding hydrogens is 518 g/mol. The lowest BCUT2D eigenvalue weighted by Gasteiger charge is -2.30. The van der Waals surface area contributed by atoms with E-state index in [2.05, 4.69) is 43.2 Å². The number of amides is 1. The molecule has 0 radical (unpaired) electrons. The molecule has 3 aromatic heterocycles. The van der Waals surface area contributed by atoms with Crippen LogP contribution in [0.1, 0.15) is 63.1 Å². The van der Waals surface area contributed by atoms with E-state index in [1.54, 1.807) is 36.1 Å². The fraction of sp³-hybridized carbons (Fsp3) is 0.290. The molecule has 208 valence electrons. The van der Waals surface area contributed by atoms with Gasteiger partial charge in [0.25, 0.3) is 11.7 Å². The second-order valence-electron chi connectivity index (χ2n) is 10.3. The summed E-state index contributed by atoms with van der Waals surface area (Å²) in [6, 6.07) is 12.4. The number of pyridine rings is 1. The molecule has 1 atom stereocenters. The van der Waals surface area contributed by atoms with Crippen molar-refractivity contribution in [2.75, 3.05) is 26.7 Å². The van der Waals surface area contributed by atoms with Gasteiger partial charge in [0.05, 0.1) is 17.8 Å². The summed E-state index contributed by atoms with van der Waals surface area (Å²) in [7, 11) is 1.57. The van der Waals surface area contributed by atoms with Crippen LogP contribution in [0.2, 0.25) is 0 Å². The Morgan fingerprint density at radius 3 is 2.51 bits per heavy atom. The smallest absolute Gasteiger partial charge is 0.295 e. The number of nitrogens with one attached hydrogen (secondary N) is 1. The van der Waals surface area contributed by atoms with E-state index in [-0.39, 0.29) is 0 Å². The summed E-state index contributed by atoms with van der Waals surface area (Å²) in [5.74, 6) is 0.0694. The quantitative estimate of drug-likeness (QED) is 0.298. The molecule has 1 amide bonds. The highest BCUT2D eigenvalue weighted by atomic mass is 16.5. The van der Waals surface area contributed by atoms with Gasteiger partial charge in [0.2, 0.25) is 0 Å². The Morgan fingerprint density at radius 2 is 1.83 bits per heavy atom. The Balaban J connectivity index is 1.25. The highest BCUT2D eigenvalue weighted by Gasteiger charge is 2.35. The molecule has 0 saturated carbocycles. The second kappa shape index (κ2) is 11.1. The van der Waals surface area contributed by atoms with Gasteiger partial charge in [-0.3, -0.25) is 19.6 Å². The third-order valence-electron chi connectivity index (χ3n) is 7.65. The van der Waals surface area contributed by atoms with Crippen molar-refractivity contribution in [3.8, 4) is 0 Å².